The summed E-state index contributed by atoms with van der Waals surface area (Å²) in [5.41, 5.74) is 1.06. The van der Waals surface area contributed by atoms with Gasteiger partial charge in [-0.2, -0.15) is 0 Å². The van der Waals surface area contributed by atoms with Crippen LogP contribution in [0.4, 0.5) is 0 Å². The molecule has 0 fully saturated rings. The van der Waals surface area contributed by atoms with Crippen molar-refractivity contribution in [1.82, 2.24) is 0 Å². The number of carbonyl (C=O) groups is 3. The van der Waals surface area contributed by atoms with E-state index >= 15 is 0 Å². The number of Topliss-reactive ketones (excluding diaryl/α,β-unsaturated/α-hetero) is 1. The predicted octanol–water partition coefficient (Wildman–Crippen LogP) is 4.68. The number of carbonyl (C=O) groups excluding carboxylic acids is 3. The van der Waals surface area contributed by atoms with E-state index in [1.165, 1.54) is 0 Å². The number of esters is 2. The molecule has 0 aliphatic carbocycles. The zero-order valence-corrected chi connectivity index (χ0v) is 19.3. The van der Waals surface area contributed by atoms with Crippen molar-refractivity contribution in [2.24, 2.45) is 0 Å². The molecule has 0 saturated heterocycles. The van der Waals surface area contributed by atoms with E-state index in [1.54, 1.807) is 68.4 Å². The van der Waals surface area contributed by atoms with Crippen molar-refractivity contribution in [2.75, 3.05) is 13.2 Å². The predicted molar refractivity (Wildman–Crippen MR) is 118 cm³/mol. The Kier molecular flexibility index (Phi) is 8.59. The minimum Gasteiger partial charge on any atom is -0.464 e. The number of ether oxygens (including phenoxy) is 2. The van der Waals surface area contributed by atoms with Gasteiger partial charge in [0.15, 0.2) is 5.78 Å². The van der Waals surface area contributed by atoms with Crippen LogP contribution in [0.5, 0.6) is 0 Å². The monoisotopic (exact) mass is 524 g/mol. The maximum Gasteiger partial charge on any atom is 0.335 e. The summed E-state index contributed by atoms with van der Waals surface area (Å²) in [6.45, 7) is 3.45. The molecule has 2 rings (SSSR count). The molecule has 7 heteroatoms. The van der Waals surface area contributed by atoms with Gasteiger partial charge in [-0.25, -0.2) is 9.59 Å². The van der Waals surface area contributed by atoms with Crippen molar-refractivity contribution in [2.45, 2.75) is 28.9 Å². The first kappa shape index (κ1) is 23.3. The van der Waals surface area contributed by atoms with E-state index in [0.717, 1.165) is 0 Å². The van der Waals surface area contributed by atoms with Gasteiger partial charge < -0.3 is 9.47 Å². The number of ketones is 1. The van der Waals surface area contributed by atoms with Crippen molar-refractivity contribution in [1.29, 1.82) is 0 Å². The molecule has 0 bridgehead atoms. The Morgan fingerprint density at radius 1 is 0.862 bits per heavy atom. The molecule has 0 aromatic heterocycles. The van der Waals surface area contributed by atoms with Crippen LogP contribution < -0.4 is 0 Å². The molecule has 0 spiro atoms. The molecule has 0 radical (unpaired) electrons. The number of halogens is 2. The van der Waals surface area contributed by atoms with E-state index in [2.05, 4.69) is 31.9 Å². The van der Waals surface area contributed by atoms with Gasteiger partial charge >= 0.3 is 11.9 Å². The highest BCUT2D eigenvalue weighted by atomic mass is 79.9. The maximum absolute atomic E-state index is 13.2. The molecular formula is C22H22Br2O5. The van der Waals surface area contributed by atoms with E-state index in [9.17, 15) is 14.4 Å². The Morgan fingerprint density at radius 3 is 1.76 bits per heavy atom. The van der Waals surface area contributed by atoms with Crippen LogP contribution in [-0.4, -0.2) is 40.1 Å². The smallest absolute Gasteiger partial charge is 0.335 e. The van der Waals surface area contributed by atoms with Crippen LogP contribution in [0.2, 0.25) is 0 Å². The highest BCUT2D eigenvalue weighted by molar-refractivity contribution is 9.11. The lowest BCUT2D eigenvalue weighted by Gasteiger charge is -2.34. The van der Waals surface area contributed by atoms with Gasteiger partial charge in [-0.05, 0) is 19.4 Å². The molecule has 29 heavy (non-hydrogen) atoms. The number of rotatable bonds is 9. The molecule has 2 unspecified atom stereocenters. The van der Waals surface area contributed by atoms with E-state index in [-0.39, 0.29) is 19.0 Å². The van der Waals surface area contributed by atoms with Crippen molar-refractivity contribution < 1.29 is 23.9 Å². The first-order valence-corrected chi connectivity index (χ1v) is 10.9. The Balaban J connectivity index is 2.62. The van der Waals surface area contributed by atoms with Crippen molar-refractivity contribution in [3.05, 3.63) is 71.8 Å². The SMILES string of the molecule is CCOC(=O)C(Br)(C(=O)OCC)C(c1ccccc1)C(Br)C(=O)c1ccccc1. The first-order chi connectivity index (χ1) is 13.9. The van der Waals surface area contributed by atoms with Crippen LogP contribution in [0.1, 0.15) is 35.7 Å². The molecule has 154 valence electrons. The van der Waals surface area contributed by atoms with Gasteiger partial charge in [0.2, 0.25) is 4.32 Å². The Morgan fingerprint density at radius 2 is 1.31 bits per heavy atom. The molecule has 0 heterocycles. The Hall–Kier alpha value is -1.99. The van der Waals surface area contributed by atoms with Gasteiger partial charge in [0.1, 0.15) is 0 Å². The second kappa shape index (κ2) is 10.7. The van der Waals surface area contributed by atoms with Crippen molar-refractivity contribution in [3.63, 3.8) is 0 Å². The highest BCUT2D eigenvalue weighted by Crippen LogP contribution is 2.44. The summed E-state index contributed by atoms with van der Waals surface area (Å²) in [5, 5.41) is 0. The summed E-state index contributed by atoms with van der Waals surface area (Å²) in [5.74, 6) is -2.80. The fourth-order valence-corrected chi connectivity index (χ4v) is 5.06. The molecule has 2 aromatic carbocycles. The lowest BCUT2D eigenvalue weighted by atomic mass is 9.81. The van der Waals surface area contributed by atoms with E-state index in [1.807, 2.05) is 6.07 Å². The zero-order valence-electron chi connectivity index (χ0n) is 16.1. The summed E-state index contributed by atoms with van der Waals surface area (Å²) >= 11 is 6.79. The maximum atomic E-state index is 13.2. The second-order valence-electron chi connectivity index (χ2n) is 6.17. The number of hydrogen-bond donors (Lipinski definition) is 0. The average Bonchev–Trinajstić information content (AvgIpc) is 2.74. The summed E-state index contributed by atoms with van der Waals surface area (Å²) in [6, 6.07) is 17.6. The van der Waals surface area contributed by atoms with E-state index in [0.29, 0.717) is 11.1 Å². The van der Waals surface area contributed by atoms with Crippen LogP contribution in [0.15, 0.2) is 60.7 Å². The Bertz CT molecular complexity index is 821. The number of hydrogen-bond acceptors (Lipinski definition) is 5. The van der Waals surface area contributed by atoms with Crippen LogP contribution in [0.25, 0.3) is 0 Å². The third kappa shape index (κ3) is 5.14. The molecule has 5 nitrogen and oxygen atoms in total. The topological polar surface area (TPSA) is 69.7 Å². The molecule has 2 atom stereocenters. The molecular weight excluding hydrogens is 504 g/mol. The number of benzene rings is 2. The van der Waals surface area contributed by atoms with Crippen LogP contribution in [0.3, 0.4) is 0 Å². The van der Waals surface area contributed by atoms with Gasteiger partial charge in [0.25, 0.3) is 0 Å². The largest absolute Gasteiger partial charge is 0.464 e. The molecule has 0 N–H and O–H groups in total. The molecule has 2 aromatic rings. The third-order valence-corrected chi connectivity index (χ3v) is 6.42. The number of alkyl halides is 2. The third-order valence-electron chi connectivity index (χ3n) is 4.33. The first-order valence-electron chi connectivity index (χ1n) is 9.19. The van der Waals surface area contributed by atoms with Crippen LogP contribution in [0, 0.1) is 0 Å². The molecule has 0 aliphatic heterocycles. The van der Waals surface area contributed by atoms with Gasteiger partial charge in [0.05, 0.1) is 18.0 Å². The summed E-state index contributed by atoms with van der Waals surface area (Å²) in [4.78, 5) is 38.2. The Labute approximate surface area is 187 Å². The van der Waals surface area contributed by atoms with Crippen LogP contribution >= 0.6 is 31.9 Å². The minimum atomic E-state index is -1.90. The summed E-state index contributed by atoms with van der Waals surface area (Å²) < 4.78 is 8.48. The van der Waals surface area contributed by atoms with Gasteiger partial charge in [-0.3, -0.25) is 4.79 Å². The fourth-order valence-electron chi connectivity index (χ4n) is 2.98. The van der Waals surface area contributed by atoms with E-state index in [4.69, 9.17) is 9.47 Å². The minimum absolute atomic E-state index is 0.0761. The average molecular weight is 526 g/mol. The van der Waals surface area contributed by atoms with Crippen molar-refractivity contribution in [3.8, 4) is 0 Å². The standard InChI is InChI=1S/C22H22Br2O5/c1-3-28-20(26)22(24,21(27)29-4-2)17(15-11-7-5-8-12-15)18(23)19(25)16-13-9-6-10-14-16/h5-14,17-18H,3-4H2,1-2H3. The molecule has 0 amide bonds. The zero-order chi connectivity index (χ0) is 21.4. The normalized spacial score (nSPS) is 13.2. The van der Waals surface area contributed by atoms with E-state index < -0.39 is 27.0 Å². The molecule has 0 saturated carbocycles. The van der Waals surface area contributed by atoms with Gasteiger partial charge in [-0.1, -0.05) is 92.5 Å². The van der Waals surface area contributed by atoms with Crippen molar-refractivity contribution >= 4 is 49.6 Å². The summed E-state index contributed by atoms with van der Waals surface area (Å²) in [6.07, 6.45) is 0. The quantitative estimate of drug-likeness (QED) is 0.206. The lowest BCUT2D eigenvalue weighted by molar-refractivity contribution is -0.159. The highest BCUT2D eigenvalue weighted by Gasteiger charge is 2.57. The lowest BCUT2D eigenvalue weighted by Crippen LogP contribution is -2.52. The molecule has 0 aliphatic rings. The van der Waals surface area contributed by atoms with Gasteiger partial charge in [-0.15, -0.1) is 0 Å². The summed E-state index contributed by atoms with van der Waals surface area (Å²) in [7, 11) is 0. The fraction of sp³-hybridized carbons (Fsp3) is 0.318. The second-order valence-corrected chi connectivity index (χ2v) is 8.41. The van der Waals surface area contributed by atoms with Crippen LogP contribution in [-0.2, 0) is 19.1 Å². The van der Waals surface area contributed by atoms with Gasteiger partial charge in [0, 0.05) is 11.5 Å².